The monoisotopic (exact) mass is 347 g/mol. The molecule has 1 unspecified atom stereocenters. The third-order valence-electron chi connectivity index (χ3n) is 3.24. The summed E-state index contributed by atoms with van der Waals surface area (Å²) >= 11 is 9.78. The van der Waals surface area contributed by atoms with Gasteiger partial charge in [-0.2, -0.15) is 0 Å². The maximum Gasteiger partial charge on any atom is 0.120 e. The predicted octanol–water partition coefficient (Wildman–Crippen LogP) is 4.46. The van der Waals surface area contributed by atoms with Crippen molar-refractivity contribution in [3.63, 3.8) is 0 Å². The lowest BCUT2D eigenvalue weighted by atomic mass is 9.99. The van der Waals surface area contributed by atoms with E-state index >= 15 is 0 Å². The van der Waals surface area contributed by atoms with Crippen LogP contribution < -0.4 is 10.1 Å². The van der Waals surface area contributed by atoms with Gasteiger partial charge >= 0.3 is 0 Å². The van der Waals surface area contributed by atoms with E-state index in [-0.39, 0.29) is 5.38 Å². The predicted molar refractivity (Wildman–Crippen MR) is 86.2 cm³/mol. The van der Waals surface area contributed by atoms with Gasteiger partial charge in [0.15, 0.2) is 0 Å². The fourth-order valence-corrected chi connectivity index (χ4v) is 2.85. The molecule has 0 spiro atoms. The molecule has 0 saturated carbocycles. The molecule has 4 heteroatoms. The van der Waals surface area contributed by atoms with Crippen LogP contribution in [0.5, 0.6) is 5.75 Å². The Morgan fingerprint density at radius 3 is 2.68 bits per heavy atom. The van der Waals surface area contributed by atoms with Crippen LogP contribution in [0.1, 0.15) is 26.7 Å². The second-order valence-corrected chi connectivity index (χ2v) is 6.08. The van der Waals surface area contributed by atoms with Crippen molar-refractivity contribution in [3.05, 3.63) is 28.7 Å². The summed E-state index contributed by atoms with van der Waals surface area (Å²) in [6.45, 7) is 6.70. The van der Waals surface area contributed by atoms with Crippen LogP contribution >= 0.6 is 27.5 Å². The van der Waals surface area contributed by atoms with Gasteiger partial charge in [0, 0.05) is 22.9 Å². The van der Waals surface area contributed by atoms with E-state index in [4.69, 9.17) is 16.3 Å². The first-order chi connectivity index (χ1) is 9.17. The molecule has 1 N–H and O–H groups in total. The van der Waals surface area contributed by atoms with Gasteiger partial charge in [-0.15, -0.1) is 11.6 Å². The van der Waals surface area contributed by atoms with Gasteiger partial charge in [-0.1, -0.05) is 48.7 Å². The van der Waals surface area contributed by atoms with Gasteiger partial charge in [-0.05, 0) is 24.1 Å². The molecule has 0 aliphatic heterocycles. The van der Waals surface area contributed by atoms with Crippen molar-refractivity contribution in [3.8, 4) is 5.75 Å². The van der Waals surface area contributed by atoms with Crippen molar-refractivity contribution in [2.75, 3.05) is 19.7 Å². The topological polar surface area (TPSA) is 21.3 Å². The standard InChI is InChI=1S/C15H23BrClNO/c1-3-12(4-2)15(17)11-18-8-9-19-14-7-5-6-13(16)10-14/h5-7,10,12,15,18H,3-4,8-9,11H2,1-2H3. The van der Waals surface area contributed by atoms with Crippen LogP contribution in [0, 0.1) is 5.92 Å². The largest absolute Gasteiger partial charge is 0.492 e. The minimum absolute atomic E-state index is 0.209. The van der Waals surface area contributed by atoms with Crippen LogP contribution in [0.25, 0.3) is 0 Å². The molecule has 0 radical (unpaired) electrons. The van der Waals surface area contributed by atoms with E-state index in [2.05, 4.69) is 35.1 Å². The molecule has 1 rings (SSSR count). The highest BCUT2D eigenvalue weighted by atomic mass is 79.9. The van der Waals surface area contributed by atoms with Gasteiger partial charge in [0.1, 0.15) is 12.4 Å². The Bertz CT molecular complexity index is 358. The molecular formula is C15H23BrClNO. The molecule has 0 fully saturated rings. The first-order valence-corrected chi connectivity index (χ1v) is 8.13. The molecular weight excluding hydrogens is 326 g/mol. The summed E-state index contributed by atoms with van der Waals surface area (Å²) in [5.41, 5.74) is 0. The molecule has 0 bridgehead atoms. The number of ether oxygens (including phenoxy) is 1. The van der Waals surface area contributed by atoms with E-state index in [1.807, 2.05) is 24.3 Å². The van der Waals surface area contributed by atoms with Gasteiger partial charge in [0.05, 0.1) is 0 Å². The second-order valence-electron chi connectivity index (χ2n) is 4.60. The quantitative estimate of drug-likeness (QED) is 0.525. The third-order valence-corrected chi connectivity index (χ3v) is 4.25. The van der Waals surface area contributed by atoms with Crippen molar-refractivity contribution in [1.82, 2.24) is 5.32 Å². The van der Waals surface area contributed by atoms with Crippen LogP contribution in [0.2, 0.25) is 0 Å². The number of halogens is 2. The molecule has 0 heterocycles. The van der Waals surface area contributed by atoms with Crippen molar-refractivity contribution in [2.24, 2.45) is 5.92 Å². The van der Waals surface area contributed by atoms with Crippen molar-refractivity contribution in [2.45, 2.75) is 32.1 Å². The van der Waals surface area contributed by atoms with Gasteiger partial charge in [0.2, 0.25) is 0 Å². The van der Waals surface area contributed by atoms with Crippen LogP contribution in [0.3, 0.4) is 0 Å². The first-order valence-electron chi connectivity index (χ1n) is 6.90. The molecule has 0 amide bonds. The smallest absolute Gasteiger partial charge is 0.120 e. The van der Waals surface area contributed by atoms with E-state index in [1.165, 1.54) is 0 Å². The molecule has 0 saturated heterocycles. The zero-order valence-corrected chi connectivity index (χ0v) is 14.0. The fourth-order valence-electron chi connectivity index (χ4n) is 2.00. The molecule has 0 aromatic heterocycles. The summed E-state index contributed by atoms with van der Waals surface area (Å²) in [5, 5.41) is 3.56. The van der Waals surface area contributed by atoms with Gasteiger partial charge < -0.3 is 10.1 Å². The van der Waals surface area contributed by atoms with Crippen LogP contribution in [0.4, 0.5) is 0 Å². The highest BCUT2D eigenvalue weighted by Crippen LogP contribution is 2.18. The minimum atomic E-state index is 0.209. The number of rotatable bonds is 9. The lowest BCUT2D eigenvalue weighted by Gasteiger charge is -2.19. The first kappa shape index (κ1) is 16.8. The number of hydrogen-bond donors (Lipinski definition) is 1. The fraction of sp³-hybridized carbons (Fsp3) is 0.600. The number of nitrogens with one attached hydrogen (secondary N) is 1. The summed E-state index contributed by atoms with van der Waals surface area (Å²) in [4.78, 5) is 0. The Kier molecular flexibility index (Phi) is 8.51. The Morgan fingerprint density at radius 2 is 2.05 bits per heavy atom. The number of benzene rings is 1. The summed E-state index contributed by atoms with van der Waals surface area (Å²) in [6, 6.07) is 7.88. The highest BCUT2D eigenvalue weighted by Gasteiger charge is 2.14. The van der Waals surface area contributed by atoms with E-state index in [1.54, 1.807) is 0 Å². The van der Waals surface area contributed by atoms with Gasteiger partial charge in [-0.25, -0.2) is 0 Å². The van der Waals surface area contributed by atoms with Gasteiger partial charge in [0.25, 0.3) is 0 Å². The SMILES string of the molecule is CCC(CC)C(Cl)CNCCOc1cccc(Br)c1. The van der Waals surface area contributed by atoms with Crippen molar-refractivity contribution >= 4 is 27.5 Å². The van der Waals surface area contributed by atoms with E-state index in [0.717, 1.165) is 36.2 Å². The van der Waals surface area contributed by atoms with Crippen molar-refractivity contribution < 1.29 is 4.74 Å². The Morgan fingerprint density at radius 1 is 1.32 bits per heavy atom. The van der Waals surface area contributed by atoms with E-state index < -0.39 is 0 Å². The molecule has 0 aliphatic carbocycles. The molecule has 1 atom stereocenters. The van der Waals surface area contributed by atoms with Crippen LogP contribution in [0.15, 0.2) is 28.7 Å². The molecule has 108 valence electrons. The maximum absolute atomic E-state index is 6.35. The minimum Gasteiger partial charge on any atom is -0.492 e. The Hall–Kier alpha value is -0.250. The number of alkyl halides is 1. The maximum atomic E-state index is 6.35. The van der Waals surface area contributed by atoms with Gasteiger partial charge in [-0.3, -0.25) is 0 Å². The molecule has 2 nitrogen and oxygen atoms in total. The molecule has 1 aromatic rings. The normalized spacial score (nSPS) is 12.7. The molecule has 19 heavy (non-hydrogen) atoms. The van der Waals surface area contributed by atoms with Crippen LogP contribution in [-0.2, 0) is 0 Å². The Balaban J connectivity index is 2.14. The zero-order valence-electron chi connectivity index (χ0n) is 11.7. The molecule has 1 aromatic carbocycles. The zero-order chi connectivity index (χ0) is 14.1. The number of hydrogen-bond acceptors (Lipinski definition) is 2. The summed E-state index contributed by atoms with van der Waals surface area (Å²) in [7, 11) is 0. The lowest BCUT2D eigenvalue weighted by Crippen LogP contribution is -2.31. The summed E-state index contributed by atoms with van der Waals surface area (Å²) in [6.07, 6.45) is 2.28. The van der Waals surface area contributed by atoms with Crippen molar-refractivity contribution in [1.29, 1.82) is 0 Å². The van der Waals surface area contributed by atoms with E-state index in [9.17, 15) is 0 Å². The Labute approximate surface area is 130 Å². The molecule has 0 aliphatic rings. The average molecular weight is 349 g/mol. The lowest BCUT2D eigenvalue weighted by molar-refractivity contribution is 0.311. The summed E-state index contributed by atoms with van der Waals surface area (Å²) in [5.74, 6) is 1.48. The third kappa shape index (κ3) is 6.64. The highest BCUT2D eigenvalue weighted by molar-refractivity contribution is 9.10. The summed E-state index contributed by atoms with van der Waals surface area (Å²) < 4.78 is 6.68. The van der Waals surface area contributed by atoms with Crippen LogP contribution in [-0.4, -0.2) is 25.1 Å². The van der Waals surface area contributed by atoms with E-state index in [0.29, 0.717) is 12.5 Å². The second kappa shape index (κ2) is 9.62. The average Bonchev–Trinajstić information content (AvgIpc) is 2.40.